The van der Waals surface area contributed by atoms with E-state index >= 15 is 0 Å². The number of ether oxygens (including phenoxy) is 2. The zero-order chi connectivity index (χ0) is 22.9. The maximum Gasteiger partial charge on any atom is 0.418 e. The van der Waals surface area contributed by atoms with E-state index in [2.05, 4.69) is 17.3 Å². The van der Waals surface area contributed by atoms with Crippen molar-refractivity contribution in [3.05, 3.63) is 52.5 Å². The Balaban J connectivity index is 1.60. The van der Waals surface area contributed by atoms with E-state index in [9.17, 15) is 13.2 Å². The van der Waals surface area contributed by atoms with Crippen LogP contribution in [0.25, 0.3) is 0 Å². The van der Waals surface area contributed by atoms with Gasteiger partial charge in [0.15, 0.2) is 16.6 Å². The van der Waals surface area contributed by atoms with Crippen molar-refractivity contribution in [1.82, 2.24) is 9.80 Å². The van der Waals surface area contributed by atoms with Gasteiger partial charge in [0, 0.05) is 17.6 Å². The van der Waals surface area contributed by atoms with Crippen LogP contribution in [0.15, 0.2) is 36.4 Å². The van der Waals surface area contributed by atoms with Gasteiger partial charge >= 0.3 is 6.18 Å². The van der Waals surface area contributed by atoms with E-state index in [-0.39, 0.29) is 28.7 Å². The summed E-state index contributed by atoms with van der Waals surface area (Å²) in [4.78, 5) is 4.19. The van der Waals surface area contributed by atoms with Gasteiger partial charge in [0.2, 0.25) is 6.79 Å². The van der Waals surface area contributed by atoms with Crippen molar-refractivity contribution < 1.29 is 22.6 Å². The summed E-state index contributed by atoms with van der Waals surface area (Å²) in [6.07, 6.45) is -2.83. The number of halogens is 4. The molecule has 32 heavy (non-hydrogen) atoms. The van der Waals surface area contributed by atoms with Crippen molar-refractivity contribution in [2.24, 2.45) is 0 Å². The summed E-state index contributed by atoms with van der Waals surface area (Å²) in [5, 5.41) is 3.25. The minimum absolute atomic E-state index is 0.0881. The van der Waals surface area contributed by atoms with E-state index in [0.29, 0.717) is 18.0 Å². The SMILES string of the molecule is CN1CCC(N(Cc2ccc3c(c2)OCO3)C(=S)Nc2cc(Cl)ccc2C(F)(F)F)CC1. The molecular weight excluding hydrogens is 463 g/mol. The van der Waals surface area contributed by atoms with Gasteiger partial charge in [-0.3, -0.25) is 0 Å². The molecule has 0 saturated carbocycles. The van der Waals surface area contributed by atoms with Gasteiger partial charge in [-0.1, -0.05) is 17.7 Å². The van der Waals surface area contributed by atoms with Crippen molar-refractivity contribution in [2.75, 3.05) is 32.2 Å². The Morgan fingerprint density at radius 2 is 1.88 bits per heavy atom. The minimum atomic E-state index is -4.53. The molecule has 5 nitrogen and oxygen atoms in total. The third-order valence-corrected chi connectivity index (χ3v) is 6.28. The number of alkyl halides is 3. The van der Waals surface area contributed by atoms with Crippen LogP contribution >= 0.6 is 23.8 Å². The van der Waals surface area contributed by atoms with Gasteiger partial charge in [-0.05, 0) is 81.1 Å². The van der Waals surface area contributed by atoms with Crippen molar-refractivity contribution in [1.29, 1.82) is 0 Å². The summed E-state index contributed by atoms with van der Waals surface area (Å²) in [5.74, 6) is 1.33. The second-order valence-corrected chi connectivity index (χ2v) is 8.79. The van der Waals surface area contributed by atoms with Crippen molar-refractivity contribution in [3.8, 4) is 11.5 Å². The Labute approximate surface area is 195 Å². The molecule has 172 valence electrons. The van der Waals surface area contributed by atoms with Crippen LogP contribution in [0, 0.1) is 0 Å². The molecule has 0 atom stereocenters. The van der Waals surface area contributed by atoms with E-state index in [0.717, 1.165) is 37.6 Å². The molecule has 2 aromatic carbocycles. The lowest BCUT2D eigenvalue weighted by atomic mass is 10.0. The van der Waals surface area contributed by atoms with Crippen molar-refractivity contribution in [2.45, 2.75) is 31.6 Å². The van der Waals surface area contributed by atoms with E-state index < -0.39 is 11.7 Å². The molecule has 1 saturated heterocycles. The van der Waals surface area contributed by atoms with Crippen LogP contribution in [0.4, 0.5) is 18.9 Å². The minimum Gasteiger partial charge on any atom is -0.454 e. The fourth-order valence-electron chi connectivity index (χ4n) is 3.96. The van der Waals surface area contributed by atoms with Crippen molar-refractivity contribution >= 4 is 34.6 Å². The first-order chi connectivity index (χ1) is 15.2. The molecule has 10 heteroatoms. The number of nitrogens with one attached hydrogen (secondary N) is 1. The molecule has 2 aliphatic heterocycles. The van der Waals surface area contributed by atoms with Gasteiger partial charge in [-0.15, -0.1) is 0 Å². The maximum atomic E-state index is 13.5. The number of benzene rings is 2. The predicted octanol–water partition coefficient (Wildman–Crippen LogP) is 5.38. The van der Waals surface area contributed by atoms with Crippen LogP contribution < -0.4 is 14.8 Å². The Bertz CT molecular complexity index is 997. The number of anilines is 1. The molecule has 4 rings (SSSR count). The lowest BCUT2D eigenvalue weighted by molar-refractivity contribution is -0.136. The number of rotatable bonds is 4. The molecule has 0 unspecified atom stereocenters. The molecule has 2 aromatic rings. The van der Waals surface area contributed by atoms with Crippen LogP contribution in [-0.4, -0.2) is 47.9 Å². The number of fused-ring (bicyclic) bond motifs is 1. The maximum absolute atomic E-state index is 13.5. The van der Waals surface area contributed by atoms with Crippen LogP contribution in [0.2, 0.25) is 5.02 Å². The highest BCUT2D eigenvalue weighted by Crippen LogP contribution is 2.37. The highest BCUT2D eigenvalue weighted by atomic mass is 35.5. The molecule has 0 bridgehead atoms. The topological polar surface area (TPSA) is 37.0 Å². The van der Waals surface area contributed by atoms with Gasteiger partial charge in [0.05, 0.1) is 11.3 Å². The van der Waals surface area contributed by atoms with Crippen LogP contribution in [0.5, 0.6) is 11.5 Å². The number of nitrogens with zero attached hydrogens (tertiary/aromatic N) is 2. The number of thiocarbonyl (C=S) groups is 1. The third-order valence-electron chi connectivity index (χ3n) is 5.71. The number of piperidine rings is 1. The average Bonchev–Trinajstić information content (AvgIpc) is 3.20. The Morgan fingerprint density at radius 3 is 2.59 bits per heavy atom. The van der Waals surface area contributed by atoms with E-state index in [1.54, 1.807) is 0 Å². The van der Waals surface area contributed by atoms with Gasteiger partial charge in [-0.2, -0.15) is 13.2 Å². The van der Waals surface area contributed by atoms with Gasteiger partial charge < -0.3 is 24.6 Å². The molecule has 2 aliphatic rings. The molecular formula is C22H23ClF3N3O2S. The van der Waals surface area contributed by atoms with Gasteiger partial charge in [-0.25, -0.2) is 0 Å². The highest BCUT2D eigenvalue weighted by Gasteiger charge is 2.34. The normalized spacial score (nSPS) is 16.8. The van der Waals surface area contributed by atoms with Crippen LogP contribution in [-0.2, 0) is 12.7 Å². The fraction of sp³-hybridized carbons (Fsp3) is 0.409. The summed E-state index contributed by atoms with van der Waals surface area (Å²) in [6.45, 7) is 2.37. The first kappa shape index (κ1) is 22.9. The van der Waals surface area contributed by atoms with Crippen LogP contribution in [0.3, 0.4) is 0 Å². The molecule has 0 aromatic heterocycles. The van der Waals surface area contributed by atoms with Crippen molar-refractivity contribution in [3.63, 3.8) is 0 Å². The number of hydrogen-bond acceptors (Lipinski definition) is 4. The molecule has 0 aliphatic carbocycles. The summed E-state index contributed by atoms with van der Waals surface area (Å²) in [5.41, 5.74) is -0.0336. The van der Waals surface area contributed by atoms with E-state index in [4.69, 9.17) is 33.3 Å². The zero-order valence-electron chi connectivity index (χ0n) is 17.4. The Morgan fingerprint density at radius 1 is 1.16 bits per heavy atom. The molecule has 1 N–H and O–H groups in total. The molecule has 0 amide bonds. The predicted molar refractivity (Wildman–Crippen MR) is 121 cm³/mol. The summed E-state index contributed by atoms with van der Waals surface area (Å²) in [6, 6.07) is 9.16. The van der Waals surface area contributed by atoms with Gasteiger partial charge in [0.1, 0.15) is 0 Å². The summed E-state index contributed by atoms with van der Waals surface area (Å²) in [7, 11) is 2.05. The third kappa shape index (κ3) is 5.22. The average molecular weight is 486 g/mol. The Hall–Kier alpha value is -2.23. The lowest BCUT2D eigenvalue weighted by Gasteiger charge is -2.39. The Kier molecular flexibility index (Phi) is 6.69. The quantitative estimate of drug-likeness (QED) is 0.586. The largest absolute Gasteiger partial charge is 0.454 e. The van der Waals surface area contributed by atoms with Crippen LogP contribution in [0.1, 0.15) is 24.0 Å². The lowest BCUT2D eigenvalue weighted by Crippen LogP contribution is -2.47. The van der Waals surface area contributed by atoms with E-state index in [1.807, 2.05) is 23.1 Å². The fourth-order valence-corrected chi connectivity index (χ4v) is 4.46. The monoisotopic (exact) mass is 485 g/mol. The number of likely N-dealkylation sites (tertiary alicyclic amines) is 1. The van der Waals surface area contributed by atoms with Gasteiger partial charge in [0.25, 0.3) is 0 Å². The zero-order valence-corrected chi connectivity index (χ0v) is 19.0. The standard InChI is InChI=1S/C22H23ClF3N3O2S/c1-28-8-6-16(7-9-28)29(12-14-2-5-19-20(10-14)31-13-30-19)21(32)27-18-11-15(23)3-4-17(18)22(24,25)26/h2-5,10-11,16H,6-9,12-13H2,1H3,(H,27,32). The summed E-state index contributed by atoms with van der Waals surface area (Å²) < 4.78 is 51.4. The first-order valence-corrected chi connectivity index (χ1v) is 11.0. The second-order valence-electron chi connectivity index (χ2n) is 7.97. The first-order valence-electron chi connectivity index (χ1n) is 10.2. The molecule has 0 radical (unpaired) electrons. The smallest absolute Gasteiger partial charge is 0.418 e. The summed E-state index contributed by atoms with van der Waals surface area (Å²) >= 11 is 11.6. The molecule has 0 spiro atoms. The highest BCUT2D eigenvalue weighted by molar-refractivity contribution is 7.80. The second kappa shape index (κ2) is 9.33. The number of hydrogen-bond donors (Lipinski definition) is 1. The molecule has 1 fully saturated rings. The molecule has 2 heterocycles. The van der Waals surface area contributed by atoms with E-state index in [1.165, 1.54) is 12.1 Å².